The second-order valence-electron chi connectivity index (χ2n) is 12.2. The molecule has 1 amide bonds. The Balaban J connectivity index is 1.41. The molecular weight excluding hydrogens is 653 g/mol. The van der Waals surface area contributed by atoms with E-state index in [2.05, 4.69) is 4.90 Å². The summed E-state index contributed by atoms with van der Waals surface area (Å²) in [4.78, 5) is 17.6. The fourth-order valence-electron chi connectivity index (χ4n) is 7.50. The first-order chi connectivity index (χ1) is 21.0. The van der Waals surface area contributed by atoms with Crippen molar-refractivity contribution >= 4 is 27.3 Å². The Morgan fingerprint density at radius 1 is 0.889 bits per heavy atom. The molecular formula is C30H30ClF7N2O4S. The SMILES string of the molecule is O=C(C1CCN(C2COC2)CC1)N1CCC2(S(=O)(=O)c3ccc(Cl)cc3)c3ccc(C(F)(C(F)(F)F)C(F)(F)F)cc3CCC12. The van der Waals surface area contributed by atoms with Crippen molar-refractivity contribution in [3.05, 3.63) is 64.2 Å². The summed E-state index contributed by atoms with van der Waals surface area (Å²) in [6.07, 6.45) is -11.9. The lowest BCUT2D eigenvalue weighted by Crippen LogP contribution is -2.55. The summed E-state index contributed by atoms with van der Waals surface area (Å²) >= 11 is 5.99. The van der Waals surface area contributed by atoms with Crippen molar-refractivity contribution in [1.82, 2.24) is 9.80 Å². The van der Waals surface area contributed by atoms with Gasteiger partial charge in [0.15, 0.2) is 9.84 Å². The smallest absolute Gasteiger partial charge is 0.378 e. The van der Waals surface area contributed by atoms with Gasteiger partial charge in [-0.2, -0.15) is 26.3 Å². The van der Waals surface area contributed by atoms with Gasteiger partial charge in [-0.15, -0.1) is 0 Å². The van der Waals surface area contributed by atoms with E-state index in [0.717, 1.165) is 6.07 Å². The van der Waals surface area contributed by atoms with E-state index in [0.29, 0.717) is 57.3 Å². The molecule has 246 valence electrons. The van der Waals surface area contributed by atoms with Crippen molar-refractivity contribution in [3.63, 3.8) is 0 Å². The topological polar surface area (TPSA) is 66.9 Å². The van der Waals surface area contributed by atoms with Gasteiger partial charge in [0, 0.05) is 23.0 Å². The van der Waals surface area contributed by atoms with Crippen LogP contribution in [0.4, 0.5) is 30.7 Å². The van der Waals surface area contributed by atoms with Crippen molar-refractivity contribution in [1.29, 1.82) is 0 Å². The molecule has 2 unspecified atom stereocenters. The van der Waals surface area contributed by atoms with Gasteiger partial charge in [-0.25, -0.2) is 12.8 Å². The first kappa shape index (κ1) is 32.5. The standard InChI is InChI=1S/C30H30ClF7N2O4S/c31-21-3-5-23(6-4-21)45(42,43)27-11-14-40(26(41)18-9-12-39(13-10-18)22-16-44-17-22)25(27)8-1-19-15-20(2-7-24(19)27)28(32,29(33,34)35)30(36,37)38/h2-7,15,18,22,25H,1,8-14,16-17H2. The van der Waals surface area contributed by atoms with Crippen LogP contribution in [0.15, 0.2) is 47.4 Å². The molecule has 4 aliphatic rings. The van der Waals surface area contributed by atoms with Gasteiger partial charge in [0.2, 0.25) is 5.91 Å². The molecule has 1 aliphatic carbocycles. The molecule has 6 nitrogen and oxygen atoms in total. The number of fused-ring (bicyclic) bond motifs is 3. The van der Waals surface area contributed by atoms with Crippen molar-refractivity contribution in [3.8, 4) is 0 Å². The minimum absolute atomic E-state index is 0.0202. The molecule has 0 bridgehead atoms. The van der Waals surface area contributed by atoms with Crippen LogP contribution in [-0.4, -0.2) is 81.4 Å². The summed E-state index contributed by atoms with van der Waals surface area (Å²) in [6.45, 7) is 2.63. The first-order valence-corrected chi connectivity index (χ1v) is 16.5. The number of sulfone groups is 1. The zero-order chi connectivity index (χ0) is 32.6. The molecule has 2 atom stereocenters. The highest BCUT2D eigenvalue weighted by Gasteiger charge is 2.74. The van der Waals surface area contributed by atoms with Crippen LogP contribution in [0.25, 0.3) is 0 Å². The first-order valence-electron chi connectivity index (χ1n) is 14.6. The zero-order valence-electron chi connectivity index (χ0n) is 23.8. The number of halogens is 8. The van der Waals surface area contributed by atoms with E-state index < -0.39 is 44.2 Å². The number of carbonyl (C=O) groups is 1. The van der Waals surface area contributed by atoms with E-state index in [1.54, 1.807) is 0 Å². The highest BCUT2D eigenvalue weighted by Crippen LogP contribution is 2.57. The number of aryl methyl sites for hydroxylation is 1. The average molecular weight is 683 g/mol. The summed E-state index contributed by atoms with van der Waals surface area (Å²) < 4.78 is 129. The van der Waals surface area contributed by atoms with Crippen molar-refractivity contribution in [2.24, 2.45) is 5.92 Å². The molecule has 3 heterocycles. The number of likely N-dealkylation sites (tertiary alicyclic amines) is 2. The van der Waals surface area contributed by atoms with Crippen molar-refractivity contribution < 1.29 is 48.7 Å². The van der Waals surface area contributed by atoms with Gasteiger partial charge in [0.05, 0.1) is 30.2 Å². The number of benzene rings is 2. The maximum Gasteiger partial charge on any atom is 0.435 e. The van der Waals surface area contributed by atoms with Crippen LogP contribution < -0.4 is 0 Å². The molecule has 3 aliphatic heterocycles. The summed E-state index contributed by atoms with van der Waals surface area (Å²) in [5.41, 5.74) is -7.50. The van der Waals surface area contributed by atoms with E-state index >= 15 is 4.39 Å². The second kappa shape index (κ2) is 11.1. The van der Waals surface area contributed by atoms with Crippen molar-refractivity contribution in [2.75, 3.05) is 32.8 Å². The predicted molar refractivity (Wildman–Crippen MR) is 149 cm³/mol. The Kier molecular flexibility index (Phi) is 8.01. The Labute approximate surface area is 260 Å². The van der Waals surface area contributed by atoms with E-state index in [1.165, 1.54) is 29.2 Å². The van der Waals surface area contributed by atoms with E-state index in [-0.39, 0.29) is 58.7 Å². The normalized spacial score (nSPS) is 25.5. The fraction of sp³-hybridized carbons (Fsp3) is 0.567. The molecule has 3 fully saturated rings. The zero-order valence-corrected chi connectivity index (χ0v) is 25.4. The Bertz CT molecular complexity index is 1560. The molecule has 0 saturated carbocycles. The number of hydrogen-bond acceptors (Lipinski definition) is 5. The van der Waals surface area contributed by atoms with Crippen LogP contribution in [0.5, 0.6) is 0 Å². The molecule has 0 N–H and O–H groups in total. The van der Waals surface area contributed by atoms with Gasteiger partial charge in [-0.05, 0) is 80.6 Å². The number of ether oxygens (including phenoxy) is 1. The molecule has 2 aromatic carbocycles. The predicted octanol–water partition coefficient (Wildman–Crippen LogP) is 5.96. The Morgan fingerprint density at radius 2 is 1.51 bits per heavy atom. The maximum absolute atomic E-state index is 15.0. The molecule has 0 aromatic heterocycles. The van der Waals surface area contributed by atoms with Crippen LogP contribution in [0.1, 0.15) is 42.4 Å². The van der Waals surface area contributed by atoms with Gasteiger partial charge in [0.25, 0.3) is 0 Å². The lowest BCUT2D eigenvalue weighted by Gasteiger charge is -2.45. The summed E-state index contributed by atoms with van der Waals surface area (Å²) in [6, 6.07) is 6.34. The number of alkyl halides is 7. The molecule has 45 heavy (non-hydrogen) atoms. The minimum Gasteiger partial charge on any atom is -0.378 e. The number of nitrogens with zero attached hydrogens (tertiary/aromatic N) is 2. The molecule has 15 heteroatoms. The van der Waals surface area contributed by atoms with E-state index in [4.69, 9.17) is 16.3 Å². The number of piperidine rings is 1. The third-order valence-electron chi connectivity index (χ3n) is 9.97. The monoisotopic (exact) mass is 682 g/mol. The third kappa shape index (κ3) is 4.96. The Morgan fingerprint density at radius 3 is 2.07 bits per heavy atom. The van der Waals surface area contributed by atoms with Gasteiger partial charge in [-0.1, -0.05) is 29.8 Å². The number of hydrogen-bond donors (Lipinski definition) is 0. The van der Waals surface area contributed by atoms with Crippen molar-refractivity contribution in [2.45, 2.75) is 71.9 Å². The van der Waals surface area contributed by atoms with E-state index in [9.17, 15) is 39.6 Å². The van der Waals surface area contributed by atoms with E-state index in [1.807, 2.05) is 0 Å². The van der Waals surface area contributed by atoms with Gasteiger partial charge in [-0.3, -0.25) is 9.69 Å². The number of carbonyl (C=O) groups excluding carboxylic acids is 1. The largest absolute Gasteiger partial charge is 0.435 e. The van der Waals surface area contributed by atoms with Crippen LogP contribution in [-0.2, 0) is 36.2 Å². The average Bonchev–Trinajstić information content (AvgIpc) is 3.36. The lowest BCUT2D eigenvalue weighted by molar-refractivity contribution is -0.348. The molecule has 6 rings (SSSR count). The number of rotatable bonds is 5. The summed E-state index contributed by atoms with van der Waals surface area (Å²) in [5.74, 6) is -0.597. The van der Waals surface area contributed by atoms with Gasteiger partial charge < -0.3 is 9.64 Å². The lowest BCUT2D eigenvalue weighted by atomic mass is 9.76. The third-order valence-corrected chi connectivity index (χ3v) is 12.8. The maximum atomic E-state index is 15.0. The van der Waals surface area contributed by atoms with Crippen LogP contribution in [0.3, 0.4) is 0 Å². The quantitative estimate of drug-likeness (QED) is 0.365. The molecule has 2 aromatic rings. The highest BCUT2D eigenvalue weighted by molar-refractivity contribution is 7.92. The summed E-state index contributed by atoms with van der Waals surface area (Å²) in [5, 5.41) is 0.248. The number of amides is 1. The molecule has 3 saturated heterocycles. The highest BCUT2D eigenvalue weighted by atomic mass is 35.5. The molecule has 0 spiro atoms. The molecule has 0 radical (unpaired) electrons. The van der Waals surface area contributed by atoms with Crippen LogP contribution in [0.2, 0.25) is 5.02 Å². The van der Waals surface area contributed by atoms with Crippen LogP contribution in [0, 0.1) is 5.92 Å². The van der Waals surface area contributed by atoms with Crippen LogP contribution >= 0.6 is 11.6 Å². The summed E-state index contributed by atoms with van der Waals surface area (Å²) in [7, 11) is -4.42. The van der Waals surface area contributed by atoms with Gasteiger partial charge in [0.1, 0.15) is 4.75 Å². The second-order valence-corrected chi connectivity index (χ2v) is 14.9. The minimum atomic E-state index is -6.32. The van der Waals surface area contributed by atoms with Gasteiger partial charge >= 0.3 is 18.0 Å². The fourth-order valence-corrected chi connectivity index (χ4v) is 9.99. The Hall–Kier alpha value is -2.42.